The molecule has 1 aromatic carbocycles. The molecule has 106 valence electrons. The van der Waals surface area contributed by atoms with Gasteiger partial charge in [0.05, 0.1) is 10.0 Å². The number of hydrogen-bond donors (Lipinski definition) is 2. The van der Waals surface area contributed by atoms with Crippen molar-refractivity contribution < 1.29 is 14.3 Å². The maximum atomic E-state index is 13.1. The normalized spacial score (nSPS) is 12.4. The Morgan fingerprint density at radius 3 is 2.68 bits per heavy atom. The van der Waals surface area contributed by atoms with Crippen molar-refractivity contribution in [1.29, 1.82) is 0 Å². The van der Waals surface area contributed by atoms with Crippen LogP contribution in [0.4, 0.5) is 4.39 Å². The van der Waals surface area contributed by atoms with Crippen LogP contribution in [0, 0.1) is 5.82 Å². The molecule has 1 aromatic rings. The molecule has 1 rings (SSSR count). The molecule has 0 fully saturated rings. The second-order valence-electron chi connectivity index (χ2n) is 4.25. The summed E-state index contributed by atoms with van der Waals surface area (Å²) >= 11 is 11.6. The first-order valence-corrected chi connectivity index (χ1v) is 6.81. The number of hydrogen-bond acceptors (Lipinski definition) is 2. The molecule has 3 nitrogen and oxygen atoms in total. The van der Waals surface area contributed by atoms with Crippen molar-refractivity contribution in [2.45, 2.75) is 38.8 Å². The van der Waals surface area contributed by atoms with Gasteiger partial charge in [0, 0.05) is 6.54 Å². The fraction of sp³-hybridized carbons (Fsp3) is 0.462. The highest BCUT2D eigenvalue weighted by atomic mass is 35.5. The Morgan fingerprint density at radius 1 is 1.42 bits per heavy atom. The predicted octanol–water partition coefficient (Wildman–Crippen LogP) is 3.87. The van der Waals surface area contributed by atoms with Crippen LogP contribution in [0.1, 0.15) is 31.7 Å². The first kappa shape index (κ1) is 16.2. The second kappa shape index (κ2) is 7.68. The minimum absolute atomic E-state index is 0.119. The molecule has 0 heterocycles. The highest BCUT2D eigenvalue weighted by molar-refractivity contribution is 6.42. The van der Waals surface area contributed by atoms with Gasteiger partial charge in [-0.3, -0.25) is 4.79 Å². The minimum Gasteiger partial charge on any atom is -0.480 e. The van der Waals surface area contributed by atoms with Gasteiger partial charge in [-0.1, -0.05) is 49.0 Å². The number of nitrogens with one attached hydrogen (secondary N) is 1. The monoisotopic (exact) mass is 307 g/mol. The zero-order valence-corrected chi connectivity index (χ0v) is 12.1. The Morgan fingerprint density at radius 2 is 2.11 bits per heavy atom. The van der Waals surface area contributed by atoms with E-state index in [9.17, 15) is 9.18 Å². The highest BCUT2D eigenvalue weighted by Crippen LogP contribution is 2.28. The molecule has 0 amide bonds. The summed E-state index contributed by atoms with van der Waals surface area (Å²) in [5.74, 6) is -1.49. The molecule has 0 saturated heterocycles. The molecule has 0 radical (unpaired) electrons. The lowest BCUT2D eigenvalue weighted by Gasteiger charge is -2.15. The number of unbranched alkanes of at least 4 members (excludes halogenated alkanes) is 1. The first-order valence-electron chi connectivity index (χ1n) is 6.06. The zero-order chi connectivity index (χ0) is 14.4. The van der Waals surface area contributed by atoms with Gasteiger partial charge < -0.3 is 10.4 Å². The Kier molecular flexibility index (Phi) is 6.55. The summed E-state index contributed by atoms with van der Waals surface area (Å²) < 4.78 is 13.1. The number of halogens is 3. The van der Waals surface area contributed by atoms with Crippen molar-refractivity contribution in [3.05, 3.63) is 33.6 Å². The van der Waals surface area contributed by atoms with E-state index in [4.69, 9.17) is 28.3 Å². The van der Waals surface area contributed by atoms with E-state index in [1.54, 1.807) is 0 Å². The molecule has 1 unspecified atom stereocenters. The van der Waals surface area contributed by atoms with Crippen molar-refractivity contribution in [3.63, 3.8) is 0 Å². The predicted molar refractivity (Wildman–Crippen MR) is 74.2 cm³/mol. The second-order valence-corrected chi connectivity index (χ2v) is 5.00. The Bertz CT molecular complexity index is 455. The van der Waals surface area contributed by atoms with Crippen molar-refractivity contribution in [3.8, 4) is 0 Å². The molecule has 0 spiro atoms. The van der Waals surface area contributed by atoms with Crippen molar-refractivity contribution in [2.24, 2.45) is 0 Å². The summed E-state index contributed by atoms with van der Waals surface area (Å²) in [4.78, 5) is 11.1. The fourth-order valence-electron chi connectivity index (χ4n) is 1.66. The van der Waals surface area contributed by atoms with Gasteiger partial charge in [0.1, 0.15) is 11.9 Å². The van der Waals surface area contributed by atoms with Crippen LogP contribution in [0.3, 0.4) is 0 Å². The van der Waals surface area contributed by atoms with Crippen LogP contribution in [0.25, 0.3) is 0 Å². The molecule has 0 bridgehead atoms. The van der Waals surface area contributed by atoms with Crippen molar-refractivity contribution in [1.82, 2.24) is 5.32 Å². The van der Waals surface area contributed by atoms with Gasteiger partial charge in [0.15, 0.2) is 0 Å². The summed E-state index contributed by atoms with van der Waals surface area (Å²) in [6.45, 7) is 2.23. The van der Waals surface area contributed by atoms with E-state index in [1.165, 1.54) is 12.1 Å². The third-order valence-electron chi connectivity index (χ3n) is 2.80. The molecule has 2 N–H and O–H groups in total. The molecule has 6 heteroatoms. The van der Waals surface area contributed by atoms with Crippen LogP contribution in [0.2, 0.25) is 10.0 Å². The summed E-state index contributed by atoms with van der Waals surface area (Å²) in [5.41, 5.74) is 0.579. The summed E-state index contributed by atoms with van der Waals surface area (Å²) in [6.07, 6.45) is 2.29. The molecule has 0 aliphatic carbocycles. The molecular formula is C13H16Cl2FNO2. The maximum absolute atomic E-state index is 13.1. The number of carbonyl (C=O) groups is 1. The van der Waals surface area contributed by atoms with E-state index < -0.39 is 17.8 Å². The van der Waals surface area contributed by atoms with Crippen LogP contribution in [-0.4, -0.2) is 17.1 Å². The standard InChI is InChI=1S/C13H16Cl2FNO2/c1-2-3-4-10(13(18)19)17-7-8-5-6-9(16)12(15)11(8)14/h5-6,10,17H,2-4,7H2,1H3,(H,18,19). The molecule has 0 saturated carbocycles. The number of rotatable bonds is 7. The van der Waals surface area contributed by atoms with Gasteiger partial charge in [-0.2, -0.15) is 0 Å². The van der Waals surface area contributed by atoms with Gasteiger partial charge in [-0.15, -0.1) is 0 Å². The smallest absolute Gasteiger partial charge is 0.320 e. The Hall–Kier alpha value is -0.840. The molecule has 0 aliphatic heterocycles. The van der Waals surface area contributed by atoms with Crippen molar-refractivity contribution >= 4 is 29.2 Å². The third kappa shape index (κ3) is 4.64. The van der Waals surface area contributed by atoms with Crippen LogP contribution < -0.4 is 5.32 Å². The van der Waals surface area contributed by atoms with Crippen LogP contribution in [-0.2, 0) is 11.3 Å². The van der Waals surface area contributed by atoms with Gasteiger partial charge in [-0.25, -0.2) is 4.39 Å². The molecule has 0 aromatic heterocycles. The number of benzene rings is 1. The molecule has 19 heavy (non-hydrogen) atoms. The van der Waals surface area contributed by atoms with E-state index in [0.717, 1.165) is 12.8 Å². The minimum atomic E-state index is -0.905. The van der Waals surface area contributed by atoms with Crippen molar-refractivity contribution in [2.75, 3.05) is 0 Å². The van der Waals surface area contributed by atoms with Crippen LogP contribution in [0.5, 0.6) is 0 Å². The number of aliphatic carboxylic acids is 1. The lowest BCUT2D eigenvalue weighted by atomic mass is 10.1. The molecule has 1 atom stereocenters. The van der Waals surface area contributed by atoms with Gasteiger partial charge in [-0.05, 0) is 18.1 Å². The molecule has 0 aliphatic rings. The topological polar surface area (TPSA) is 49.3 Å². The van der Waals surface area contributed by atoms with Gasteiger partial charge >= 0.3 is 5.97 Å². The van der Waals surface area contributed by atoms with E-state index in [-0.39, 0.29) is 16.6 Å². The number of carboxylic acid groups (broad SMARTS) is 1. The fourth-order valence-corrected chi connectivity index (χ4v) is 2.06. The van der Waals surface area contributed by atoms with E-state index in [0.29, 0.717) is 12.0 Å². The van der Waals surface area contributed by atoms with Gasteiger partial charge in [0.2, 0.25) is 0 Å². The van der Waals surface area contributed by atoms with Crippen LogP contribution >= 0.6 is 23.2 Å². The summed E-state index contributed by atoms with van der Waals surface area (Å²) in [7, 11) is 0. The molecular weight excluding hydrogens is 292 g/mol. The largest absolute Gasteiger partial charge is 0.480 e. The zero-order valence-electron chi connectivity index (χ0n) is 10.5. The SMILES string of the molecule is CCCCC(NCc1ccc(F)c(Cl)c1Cl)C(=O)O. The Balaban J connectivity index is 2.69. The van der Waals surface area contributed by atoms with E-state index in [1.807, 2.05) is 6.92 Å². The highest BCUT2D eigenvalue weighted by Gasteiger charge is 2.17. The summed E-state index contributed by atoms with van der Waals surface area (Å²) in [5, 5.41) is 11.9. The quantitative estimate of drug-likeness (QED) is 0.752. The van der Waals surface area contributed by atoms with Gasteiger partial charge in [0.25, 0.3) is 0 Å². The first-order chi connectivity index (χ1) is 8.97. The Labute approximate surface area is 121 Å². The third-order valence-corrected chi connectivity index (χ3v) is 3.70. The number of carboxylic acids is 1. The lowest BCUT2D eigenvalue weighted by molar-refractivity contribution is -0.139. The average Bonchev–Trinajstić information content (AvgIpc) is 2.38. The lowest BCUT2D eigenvalue weighted by Crippen LogP contribution is -2.36. The van der Waals surface area contributed by atoms with E-state index in [2.05, 4.69) is 5.32 Å². The maximum Gasteiger partial charge on any atom is 0.320 e. The summed E-state index contributed by atoms with van der Waals surface area (Å²) in [6, 6.07) is 2.07. The van der Waals surface area contributed by atoms with E-state index >= 15 is 0 Å². The van der Waals surface area contributed by atoms with Crippen LogP contribution in [0.15, 0.2) is 12.1 Å². The average molecular weight is 308 g/mol.